The normalized spacial score (nSPS) is 24.7. The van der Waals surface area contributed by atoms with Gasteiger partial charge in [0.1, 0.15) is 0 Å². The largest absolute Gasteiger partial charge is 0.396 e. The van der Waals surface area contributed by atoms with Gasteiger partial charge < -0.3 is 20.2 Å². The molecule has 5 heteroatoms. The molecule has 23 heavy (non-hydrogen) atoms. The van der Waals surface area contributed by atoms with E-state index in [9.17, 15) is 9.90 Å². The summed E-state index contributed by atoms with van der Waals surface area (Å²) in [5, 5.41) is 12.4. The maximum Gasteiger partial charge on any atom is 0.317 e. The maximum atomic E-state index is 12.6. The smallest absolute Gasteiger partial charge is 0.317 e. The van der Waals surface area contributed by atoms with Gasteiger partial charge in [0, 0.05) is 31.8 Å². The highest BCUT2D eigenvalue weighted by atomic mass is 16.3. The van der Waals surface area contributed by atoms with Gasteiger partial charge >= 0.3 is 6.03 Å². The number of urea groups is 1. The monoisotopic (exact) mass is 325 g/mol. The quantitative estimate of drug-likeness (QED) is 0.789. The summed E-state index contributed by atoms with van der Waals surface area (Å²) >= 11 is 0. The summed E-state index contributed by atoms with van der Waals surface area (Å²) in [7, 11) is 4.25. The van der Waals surface area contributed by atoms with Gasteiger partial charge in [0.2, 0.25) is 0 Å². The van der Waals surface area contributed by atoms with E-state index in [1.165, 1.54) is 32.1 Å². The summed E-state index contributed by atoms with van der Waals surface area (Å²) in [6.07, 6.45) is 10.6. The molecule has 2 amide bonds. The van der Waals surface area contributed by atoms with Crippen molar-refractivity contribution < 1.29 is 9.90 Å². The number of hydrogen-bond donors (Lipinski definition) is 2. The van der Waals surface area contributed by atoms with Gasteiger partial charge in [0.05, 0.1) is 0 Å². The van der Waals surface area contributed by atoms with Crippen LogP contribution in [0.15, 0.2) is 0 Å². The number of nitrogens with one attached hydrogen (secondary N) is 1. The molecule has 0 bridgehead atoms. The Morgan fingerprint density at radius 1 is 1.17 bits per heavy atom. The Morgan fingerprint density at radius 3 is 2.52 bits per heavy atom. The molecular weight excluding hydrogens is 290 g/mol. The maximum absolute atomic E-state index is 12.6. The highest BCUT2D eigenvalue weighted by Crippen LogP contribution is 2.28. The molecular formula is C18H35N3O2. The topological polar surface area (TPSA) is 55.8 Å². The van der Waals surface area contributed by atoms with E-state index >= 15 is 0 Å². The van der Waals surface area contributed by atoms with E-state index in [1.807, 2.05) is 4.90 Å². The molecule has 0 spiro atoms. The minimum atomic E-state index is 0.0609. The molecule has 1 heterocycles. The number of carbonyl (C=O) groups is 1. The van der Waals surface area contributed by atoms with Gasteiger partial charge in [-0.2, -0.15) is 0 Å². The lowest BCUT2D eigenvalue weighted by molar-refractivity contribution is 0.124. The average Bonchev–Trinajstić information content (AvgIpc) is 2.56. The molecule has 2 aliphatic rings. The van der Waals surface area contributed by atoms with Crippen molar-refractivity contribution in [2.45, 2.75) is 69.9 Å². The number of likely N-dealkylation sites (N-methyl/N-ethyl adjacent to an activating group) is 1. The first-order valence-electron chi connectivity index (χ1n) is 9.45. The molecule has 1 aliphatic heterocycles. The first-order valence-corrected chi connectivity index (χ1v) is 9.45. The highest BCUT2D eigenvalue weighted by molar-refractivity contribution is 5.74. The van der Waals surface area contributed by atoms with E-state index in [0.717, 1.165) is 32.4 Å². The van der Waals surface area contributed by atoms with Gasteiger partial charge in [0.15, 0.2) is 0 Å². The van der Waals surface area contributed by atoms with Gasteiger partial charge in [0.25, 0.3) is 0 Å². The Balaban J connectivity index is 1.87. The van der Waals surface area contributed by atoms with Crippen LogP contribution in [0.2, 0.25) is 0 Å². The van der Waals surface area contributed by atoms with Gasteiger partial charge in [-0.25, -0.2) is 4.79 Å². The molecule has 5 nitrogen and oxygen atoms in total. The summed E-state index contributed by atoms with van der Waals surface area (Å²) in [6.45, 7) is 1.72. The number of rotatable bonds is 6. The molecule has 2 atom stereocenters. The summed E-state index contributed by atoms with van der Waals surface area (Å²) in [5.74, 6) is 0.702. The van der Waals surface area contributed by atoms with E-state index in [4.69, 9.17) is 0 Å². The lowest BCUT2D eigenvalue weighted by Gasteiger charge is -2.38. The molecule has 2 fully saturated rings. The Labute approximate surface area is 141 Å². The minimum Gasteiger partial charge on any atom is -0.396 e. The van der Waals surface area contributed by atoms with Gasteiger partial charge in [-0.3, -0.25) is 0 Å². The van der Waals surface area contributed by atoms with Crippen LogP contribution in [0.3, 0.4) is 0 Å². The fourth-order valence-electron chi connectivity index (χ4n) is 4.30. The van der Waals surface area contributed by atoms with Crippen molar-refractivity contribution in [3.05, 3.63) is 0 Å². The number of aliphatic hydroxyl groups excluding tert-OH is 1. The third kappa shape index (κ3) is 5.35. The van der Waals surface area contributed by atoms with Crippen LogP contribution >= 0.6 is 0 Å². The minimum absolute atomic E-state index is 0.0609. The van der Waals surface area contributed by atoms with E-state index in [-0.39, 0.29) is 18.7 Å². The van der Waals surface area contributed by atoms with Crippen molar-refractivity contribution >= 4 is 6.03 Å². The van der Waals surface area contributed by atoms with Crippen molar-refractivity contribution in [2.75, 3.05) is 33.8 Å². The standard InChI is InChI=1S/C18H35N3O2/c1-20(2)17(15-8-4-3-5-9-15)14-19-18(23)21-12-7-6-10-16(21)11-13-22/h15-17,22H,3-14H2,1-2H3,(H,19,23). The zero-order valence-electron chi connectivity index (χ0n) is 15.0. The van der Waals surface area contributed by atoms with Crippen molar-refractivity contribution in [3.8, 4) is 0 Å². The fourth-order valence-corrected chi connectivity index (χ4v) is 4.30. The number of carbonyl (C=O) groups excluding carboxylic acids is 1. The first kappa shape index (κ1) is 18.5. The van der Waals surface area contributed by atoms with Crippen LogP contribution in [-0.4, -0.2) is 66.8 Å². The number of piperidine rings is 1. The Morgan fingerprint density at radius 2 is 1.87 bits per heavy atom. The van der Waals surface area contributed by atoms with Crippen LogP contribution in [0.5, 0.6) is 0 Å². The fraction of sp³-hybridized carbons (Fsp3) is 0.944. The highest BCUT2D eigenvalue weighted by Gasteiger charge is 2.29. The van der Waals surface area contributed by atoms with Crippen LogP contribution in [0.25, 0.3) is 0 Å². The van der Waals surface area contributed by atoms with E-state index in [2.05, 4.69) is 24.3 Å². The molecule has 0 aromatic carbocycles. The molecule has 2 N–H and O–H groups in total. The Bertz CT molecular complexity index is 354. The van der Waals surface area contributed by atoms with Gasteiger partial charge in [-0.15, -0.1) is 0 Å². The number of aliphatic hydroxyl groups is 1. The predicted octanol–water partition coefficient (Wildman–Crippen LogP) is 2.44. The van der Waals surface area contributed by atoms with Crippen LogP contribution in [0, 0.1) is 5.92 Å². The van der Waals surface area contributed by atoms with Crippen molar-refractivity contribution in [3.63, 3.8) is 0 Å². The number of amides is 2. The van der Waals surface area contributed by atoms with Crippen LogP contribution in [0.1, 0.15) is 57.8 Å². The first-order chi connectivity index (χ1) is 11.1. The predicted molar refractivity (Wildman–Crippen MR) is 93.5 cm³/mol. The van der Waals surface area contributed by atoms with Crippen molar-refractivity contribution in [2.24, 2.45) is 5.92 Å². The Kier molecular flexibility index (Phi) is 7.63. The van der Waals surface area contributed by atoms with E-state index in [1.54, 1.807) is 0 Å². The number of nitrogens with zero attached hydrogens (tertiary/aromatic N) is 2. The van der Waals surface area contributed by atoms with Gasteiger partial charge in [-0.1, -0.05) is 19.3 Å². The van der Waals surface area contributed by atoms with Crippen molar-refractivity contribution in [1.29, 1.82) is 0 Å². The molecule has 0 aromatic heterocycles. The second-order valence-corrected chi connectivity index (χ2v) is 7.47. The molecule has 1 aliphatic carbocycles. The van der Waals surface area contributed by atoms with Crippen LogP contribution in [0.4, 0.5) is 4.79 Å². The van der Waals surface area contributed by atoms with E-state index < -0.39 is 0 Å². The van der Waals surface area contributed by atoms with E-state index in [0.29, 0.717) is 18.4 Å². The second-order valence-electron chi connectivity index (χ2n) is 7.47. The van der Waals surface area contributed by atoms with Crippen LogP contribution in [-0.2, 0) is 0 Å². The SMILES string of the molecule is CN(C)C(CNC(=O)N1CCCCC1CCO)C1CCCCC1. The summed E-state index contributed by atoms with van der Waals surface area (Å²) in [6, 6.07) is 0.701. The van der Waals surface area contributed by atoms with Gasteiger partial charge in [-0.05, 0) is 58.5 Å². The summed E-state index contributed by atoms with van der Waals surface area (Å²) in [4.78, 5) is 16.8. The number of likely N-dealkylation sites (tertiary alicyclic amines) is 1. The molecule has 1 saturated heterocycles. The lowest BCUT2D eigenvalue weighted by atomic mass is 9.83. The zero-order chi connectivity index (χ0) is 16.7. The molecule has 2 unspecified atom stereocenters. The lowest BCUT2D eigenvalue weighted by Crippen LogP contribution is -2.52. The molecule has 0 radical (unpaired) electrons. The van der Waals surface area contributed by atoms with Crippen LogP contribution < -0.4 is 5.32 Å². The molecule has 1 saturated carbocycles. The third-order valence-electron chi connectivity index (χ3n) is 5.67. The molecule has 2 rings (SSSR count). The average molecular weight is 325 g/mol. The number of hydrogen-bond acceptors (Lipinski definition) is 3. The molecule has 134 valence electrons. The second kappa shape index (κ2) is 9.48. The summed E-state index contributed by atoms with van der Waals surface area (Å²) in [5.41, 5.74) is 0. The van der Waals surface area contributed by atoms with Crippen molar-refractivity contribution in [1.82, 2.24) is 15.1 Å². The summed E-state index contributed by atoms with van der Waals surface area (Å²) < 4.78 is 0. The Hall–Kier alpha value is -0.810. The zero-order valence-corrected chi connectivity index (χ0v) is 15.0. The third-order valence-corrected chi connectivity index (χ3v) is 5.67. The molecule has 0 aromatic rings.